The summed E-state index contributed by atoms with van der Waals surface area (Å²) in [5, 5.41) is 13.5. The van der Waals surface area contributed by atoms with Crippen molar-refractivity contribution in [2.45, 2.75) is 0 Å². The van der Waals surface area contributed by atoms with Gasteiger partial charge in [-0.1, -0.05) is 0 Å². The monoisotopic (exact) mass is 232 g/mol. The zero-order valence-corrected chi connectivity index (χ0v) is 9.08. The lowest BCUT2D eigenvalue weighted by Gasteiger charge is -2.04. The van der Waals surface area contributed by atoms with Crippen molar-refractivity contribution in [3.8, 4) is 5.69 Å². The van der Waals surface area contributed by atoms with Gasteiger partial charge in [0.15, 0.2) is 0 Å². The quantitative estimate of drug-likeness (QED) is 0.730. The average Bonchev–Trinajstić information content (AvgIpc) is 2.90. The number of tetrazole rings is 1. The number of hydrogen-bond donors (Lipinski definition) is 2. The largest absolute Gasteiger partial charge is 0.351 e. The van der Waals surface area contributed by atoms with E-state index in [0.717, 1.165) is 5.69 Å². The Kier molecular flexibility index (Phi) is 3.41. The number of amides is 1. The fourth-order valence-electron chi connectivity index (χ4n) is 1.33. The molecule has 0 spiro atoms. The minimum Gasteiger partial charge on any atom is -0.351 e. The first-order chi connectivity index (χ1) is 8.31. The molecule has 2 rings (SSSR count). The molecule has 88 valence electrons. The highest BCUT2D eigenvalue weighted by Crippen LogP contribution is 2.07. The first-order valence-electron chi connectivity index (χ1n) is 5.13. The van der Waals surface area contributed by atoms with Crippen LogP contribution in [0.2, 0.25) is 0 Å². The van der Waals surface area contributed by atoms with E-state index in [4.69, 9.17) is 5.73 Å². The zero-order chi connectivity index (χ0) is 12.1. The maximum absolute atomic E-state index is 11.6. The number of nitrogens with zero attached hydrogens (tertiary/aromatic N) is 4. The second-order valence-electron chi connectivity index (χ2n) is 3.35. The molecule has 0 atom stereocenters. The standard InChI is InChI=1S/C10H12N6O/c11-5-6-12-10(17)8-1-3-9(4-2-8)16-7-13-14-15-16/h1-4,7H,5-6,11H2,(H,12,17). The molecule has 1 aromatic carbocycles. The minimum absolute atomic E-state index is 0.140. The maximum Gasteiger partial charge on any atom is 0.251 e. The predicted molar refractivity (Wildman–Crippen MR) is 60.5 cm³/mol. The van der Waals surface area contributed by atoms with Crippen LogP contribution >= 0.6 is 0 Å². The molecule has 1 heterocycles. The van der Waals surface area contributed by atoms with Gasteiger partial charge in [0.1, 0.15) is 6.33 Å². The van der Waals surface area contributed by atoms with Gasteiger partial charge in [0, 0.05) is 18.7 Å². The highest BCUT2D eigenvalue weighted by atomic mass is 16.1. The first kappa shape index (κ1) is 11.2. The van der Waals surface area contributed by atoms with E-state index in [1.165, 1.54) is 11.0 Å². The van der Waals surface area contributed by atoms with Gasteiger partial charge < -0.3 is 11.1 Å². The van der Waals surface area contributed by atoms with E-state index in [1.807, 2.05) is 0 Å². The number of carbonyl (C=O) groups excluding carboxylic acids is 1. The fraction of sp³-hybridized carbons (Fsp3) is 0.200. The second-order valence-corrected chi connectivity index (χ2v) is 3.35. The van der Waals surface area contributed by atoms with Crippen LogP contribution in [0.5, 0.6) is 0 Å². The summed E-state index contributed by atoms with van der Waals surface area (Å²) < 4.78 is 1.52. The van der Waals surface area contributed by atoms with E-state index in [1.54, 1.807) is 24.3 Å². The van der Waals surface area contributed by atoms with Gasteiger partial charge in [0.05, 0.1) is 5.69 Å². The Labute approximate surface area is 97.6 Å². The molecule has 0 aliphatic carbocycles. The number of nitrogens with two attached hydrogens (primary N) is 1. The van der Waals surface area contributed by atoms with Crippen molar-refractivity contribution in [3.05, 3.63) is 36.2 Å². The van der Waals surface area contributed by atoms with Crippen molar-refractivity contribution in [1.29, 1.82) is 0 Å². The molecule has 0 bridgehead atoms. The van der Waals surface area contributed by atoms with Crippen molar-refractivity contribution < 1.29 is 4.79 Å². The van der Waals surface area contributed by atoms with Gasteiger partial charge in [-0.2, -0.15) is 0 Å². The van der Waals surface area contributed by atoms with Crippen LogP contribution in [0, 0.1) is 0 Å². The van der Waals surface area contributed by atoms with Crippen LogP contribution in [0.4, 0.5) is 0 Å². The summed E-state index contributed by atoms with van der Waals surface area (Å²) >= 11 is 0. The molecule has 0 saturated carbocycles. The van der Waals surface area contributed by atoms with E-state index in [2.05, 4.69) is 20.8 Å². The van der Waals surface area contributed by atoms with Gasteiger partial charge >= 0.3 is 0 Å². The van der Waals surface area contributed by atoms with Crippen molar-refractivity contribution in [2.24, 2.45) is 5.73 Å². The van der Waals surface area contributed by atoms with E-state index in [9.17, 15) is 4.79 Å². The van der Waals surface area contributed by atoms with E-state index < -0.39 is 0 Å². The normalized spacial score (nSPS) is 10.2. The molecule has 1 aromatic heterocycles. The summed E-state index contributed by atoms with van der Waals surface area (Å²) in [4.78, 5) is 11.6. The predicted octanol–water partition coefficient (Wildman–Crippen LogP) is -0.649. The summed E-state index contributed by atoms with van der Waals surface area (Å²) in [5.74, 6) is -0.140. The molecule has 0 fully saturated rings. The van der Waals surface area contributed by atoms with E-state index in [-0.39, 0.29) is 5.91 Å². The first-order valence-corrected chi connectivity index (χ1v) is 5.13. The number of nitrogens with one attached hydrogen (secondary N) is 1. The summed E-state index contributed by atoms with van der Waals surface area (Å²) in [6.45, 7) is 0.891. The van der Waals surface area contributed by atoms with Crippen molar-refractivity contribution in [1.82, 2.24) is 25.5 Å². The van der Waals surface area contributed by atoms with Crippen LogP contribution in [-0.2, 0) is 0 Å². The van der Waals surface area contributed by atoms with Crippen LogP contribution < -0.4 is 11.1 Å². The maximum atomic E-state index is 11.6. The molecule has 17 heavy (non-hydrogen) atoms. The SMILES string of the molecule is NCCNC(=O)c1ccc(-n2cnnn2)cc1. The molecular weight excluding hydrogens is 220 g/mol. The lowest BCUT2D eigenvalue weighted by atomic mass is 10.2. The van der Waals surface area contributed by atoms with Crippen LogP contribution in [0.3, 0.4) is 0 Å². The van der Waals surface area contributed by atoms with E-state index in [0.29, 0.717) is 18.7 Å². The number of rotatable bonds is 4. The molecule has 0 radical (unpaired) electrons. The van der Waals surface area contributed by atoms with Crippen molar-refractivity contribution in [2.75, 3.05) is 13.1 Å². The third-order valence-corrected chi connectivity index (χ3v) is 2.17. The smallest absolute Gasteiger partial charge is 0.251 e. The highest BCUT2D eigenvalue weighted by Gasteiger charge is 2.04. The number of benzene rings is 1. The van der Waals surface area contributed by atoms with Gasteiger partial charge in [0.2, 0.25) is 0 Å². The van der Waals surface area contributed by atoms with Gasteiger partial charge in [-0.15, -0.1) is 5.10 Å². The topological polar surface area (TPSA) is 98.7 Å². The minimum atomic E-state index is -0.140. The Hall–Kier alpha value is -2.28. The van der Waals surface area contributed by atoms with Crippen LogP contribution in [-0.4, -0.2) is 39.2 Å². The van der Waals surface area contributed by atoms with Crippen LogP contribution in [0.1, 0.15) is 10.4 Å². The van der Waals surface area contributed by atoms with Gasteiger partial charge in [0.25, 0.3) is 5.91 Å². The fourth-order valence-corrected chi connectivity index (χ4v) is 1.33. The zero-order valence-electron chi connectivity index (χ0n) is 9.08. The molecule has 0 aliphatic heterocycles. The Morgan fingerprint density at radius 2 is 2.12 bits per heavy atom. The summed E-state index contributed by atoms with van der Waals surface area (Å²) in [6.07, 6.45) is 1.49. The van der Waals surface area contributed by atoms with Gasteiger partial charge in [-0.25, -0.2) is 4.68 Å². The number of hydrogen-bond acceptors (Lipinski definition) is 5. The van der Waals surface area contributed by atoms with Crippen LogP contribution in [0.25, 0.3) is 5.69 Å². The Balaban J connectivity index is 2.10. The lowest BCUT2D eigenvalue weighted by Crippen LogP contribution is -2.28. The number of aromatic nitrogens is 4. The summed E-state index contributed by atoms with van der Waals surface area (Å²) in [7, 11) is 0. The molecule has 2 aromatic rings. The Bertz CT molecular complexity index is 478. The Morgan fingerprint density at radius 3 is 2.71 bits per heavy atom. The molecule has 1 amide bonds. The Morgan fingerprint density at radius 1 is 1.35 bits per heavy atom. The second kappa shape index (κ2) is 5.17. The van der Waals surface area contributed by atoms with Crippen molar-refractivity contribution >= 4 is 5.91 Å². The molecule has 0 saturated heterocycles. The van der Waals surface area contributed by atoms with Gasteiger partial charge in [-0.3, -0.25) is 4.79 Å². The average molecular weight is 232 g/mol. The lowest BCUT2D eigenvalue weighted by molar-refractivity contribution is 0.0955. The summed E-state index contributed by atoms with van der Waals surface area (Å²) in [5.41, 5.74) is 6.68. The summed E-state index contributed by atoms with van der Waals surface area (Å²) in [6, 6.07) is 6.97. The molecule has 0 unspecified atom stereocenters. The van der Waals surface area contributed by atoms with Crippen molar-refractivity contribution in [3.63, 3.8) is 0 Å². The number of carbonyl (C=O) groups is 1. The van der Waals surface area contributed by atoms with Crippen LogP contribution in [0.15, 0.2) is 30.6 Å². The molecule has 3 N–H and O–H groups in total. The molecule has 7 heteroatoms. The van der Waals surface area contributed by atoms with E-state index >= 15 is 0 Å². The molecule has 7 nitrogen and oxygen atoms in total. The van der Waals surface area contributed by atoms with Gasteiger partial charge in [-0.05, 0) is 34.7 Å². The molecular formula is C10H12N6O. The third kappa shape index (κ3) is 2.64. The highest BCUT2D eigenvalue weighted by molar-refractivity contribution is 5.94. The third-order valence-electron chi connectivity index (χ3n) is 2.17. The molecule has 0 aliphatic rings.